The van der Waals surface area contributed by atoms with Crippen LogP contribution in [0.2, 0.25) is 0 Å². The van der Waals surface area contributed by atoms with E-state index < -0.39 is 0 Å². The minimum atomic E-state index is 0.261. The number of hydrogen-bond acceptors (Lipinski definition) is 2. The molecule has 1 atom stereocenters. The van der Waals surface area contributed by atoms with Crippen molar-refractivity contribution < 1.29 is 0 Å². The summed E-state index contributed by atoms with van der Waals surface area (Å²) in [6, 6.07) is 0. The normalized spacial score (nSPS) is 13.0. The van der Waals surface area contributed by atoms with E-state index in [1.165, 1.54) is 0 Å². The molecule has 0 aromatic carbocycles. The molecule has 0 amide bonds. The second kappa shape index (κ2) is 3.74. The molecule has 2 N–H and O–H groups in total. The van der Waals surface area contributed by atoms with Gasteiger partial charge in [0.1, 0.15) is 5.82 Å². The predicted octanol–water partition coefficient (Wildman–Crippen LogP) is 1.81. The zero-order valence-corrected chi connectivity index (χ0v) is 8.45. The Kier molecular flexibility index (Phi) is 2.44. The molecule has 0 bridgehead atoms. The van der Waals surface area contributed by atoms with Crippen molar-refractivity contribution in [2.24, 2.45) is 0 Å². The van der Waals surface area contributed by atoms with Crippen LogP contribution in [0.4, 0.5) is 0 Å². The highest BCUT2D eigenvalue weighted by atomic mass is 79.9. The third-order valence-corrected chi connectivity index (χ3v) is 2.66. The van der Waals surface area contributed by atoms with Crippen molar-refractivity contribution in [1.29, 1.82) is 0 Å². The zero-order chi connectivity index (χ0) is 9.10. The van der Waals surface area contributed by atoms with Gasteiger partial charge < -0.3 is 4.98 Å². The highest BCUT2D eigenvalue weighted by Crippen LogP contribution is 2.24. The predicted molar refractivity (Wildman–Crippen MR) is 52.5 cm³/mol. The van der Waals surface area contributed by atoms with E-state index in [1.54, 1.807) is 6.20 Å². The summed E-state index contributed by atoms with van der Waals surface area (Å²) in [6.07, 6.45) is 8.10. The third-order valence-electron chi connectivity index (χ3n) is 1.81. The second-order valence-electron chi connectivity index (χ2n) is 2.74. The summed E-state index contributed by atoms with van der Waals surface area (Å²) in [4.78, 5) is 7.47. The number of imidazole rings is 1. The van der Waals surface area contributed by atoms with Crippen LogP contribution in [0, 0.1) is 0 Å². The molecular weight excluding hydrogens is 232 g/mol. The molecule has 2 heterocycles. The molecule has 0 radical (unpaired) electrons. The maximum atomic E-state index is 4.15. The fraction of sp³-hybridized carbons (Fsp3) is 0.250. The molecule has 0 aliphatic rings. The Morgan fingerprint density at radius 3 is 3.08 bits per heavy atom. The van der Waals surface area contributed by atoms with Gasteiger partial charge in [-0.25, -0.2) is 4.98 Å². The van der Waals surface area contributed by atoms with Gasteiger partial charge in [-0.3, -0.25) is 5.10 Å². The fourth-order valence-corrected chi connectivity index (χ4v) is 1.69. The van der Waals surface area contributed by atoms with Gasteiger partial charge in [-0.05, 0) is 0 Å². The smallest absolute Gasteiger partial charge is 0.107 e. The number of rotatable bonds is 3. The van der Waals surface area contributed by atoms with Crippen LogP contribution in [0.5, 0.6) is 0 Å². The molecule has 0 saturated carbocycles. The Morgan fingerprint density at radius 1 is 1.54 bits per heavy atom. The van der Waals surface area contributed by atoms with E-state index in [1.807, 2.05) is 18.6 Å². The van der Waals surface area contributed by atoms with E-state index >= 15 is 0 Å². The number of H-pyrrole nitrogens is 2. The van der Waals surface area contributed by atoms with E-state index in [0.717, 1.165) is 17.8 Å². The number of hydrogen-bond donors (Lipinski definition) is 2. The van der Waals surface area contributed by atoms with Gasteiger partial charge in [0.05, 0.1) is 6.20 Å². The van der Waals surface area contributed by atoms with E-state index in [2.05, 4.69) is 36.1 Å². The van der Waals surface area contributed by atoms with Crippen molar-refractivity contribution in [2.45, 2.75) is 11.2 Å². The van der Waals surface area contributed by atoms with Crippen LogP contribution >= 0.6 is 15.9 Å². The molecule has 0 saturated heterocycles. The molecular formula is C8H9BrN4. The van der Waals surface area contributed by atoms with Crippen LogP contribution in [0.1, 0.15) is 16.2 Å². The number of alkyl halides is 1. The van der Waals surface area contributed by atoms with Crippen LogP contribution in [0.3, 0.4) is 0 Å². The summed E-state index contributed by atoms with van der Waals surface area (Å²) in [5, 5.41) is 6.67. The maximum absolute atomic E-state index is 4.15. The van der Waals surface area contributed by atoms with Crippen LogP contribution in [0.15, 0.2) is 24.8 Å². The summed E-state index contributed by atoms with van der Waals surface area (Å²) < 4.78 is 0. The van der Waals surface area contributed by atoms with E-state index in [9.17, 15) is 0 Å². The first-order chi connectivity index (χ1) is 6.36. The summed E-state index contributed by atoms with van der Waals surface area (Å²) >= 11 is 3.57. The van der Waals surface area contributed by atoms with Crippen LogP contribution in [-0.2, 0) is 6.42 Å². The first-order valence-corrected chi connectivity index (χ1v) is 4.89. The van der Waals surface area contributed by atoms with Crippen molar-refractivity contribution in [3.63, 3.8) is 0 Å². The molecule has 13 heavy (non-hydrogen) atoms. The molecule has 2 aromatic heterocycles. The van der Waals surface area contributed by atoms with E-state index in [-0.39, 0.29) is 4.83 Å². The maximum Gasteiger partial charge on any atom is 0.107 e. The summed E-state index contributed by atoms with van der Waals surface area (Å²) in [7, 11) is 0. The quantitative estimate of drug-likeness (QED) is 0.805. The lowest BCUT2D eigenvalue weighted by Gasteiger charge is -2.03. The molecule has 2 aromatic rings. The number of aromatic nitrogens is 4. The first-order valence-electron chi connectivity index (χ1n) is 3.97. The molecule has 1 unspecified atom stereocenters. The minimum absolute atomic E-state index is 0.261. The van der Waals surface area contributed by atoms with Crippen molar-refractivity contribution in [3.05, 3.63) is 36.2 Å². The summed E-state index contributed by atoms with van der Waals surface area (Å²) in [5.74, 6) is 0.975. The van der Waals surface area contributed by atoms with E-state index in [4.69, 9.17) is 0 Å². The minimum Gasteiger partial charge on any atom is -0.349 e. The lowest BCUT2D eigenvalue weighted by Crippen LogP contribution is -1.95. The van der Waals surface area contributed by atoms with Crippen molar-refractivity contribution in [3.8, 4) is 0 Å². The SMILES string of the molecule is BrC(Cc1ncc[nH]1)c1cn[nH]c1. The Labute approximate surface area is 83.9 Å². The third kappa shape index (κ3) is 1.98. The zero-order valence-electron chi connectivity index (χ0n) is 6.87. The van der Waals surface area contributed by atoms with Crippen molar-refractivity contribution >= 4 is 15.9 Å². The average molecular weight is 241 g/mol. The molecule has 0 aliphatic carbocycles. The largest absolute Gasteiger partial charge is 0.349 e. The highest BCUT2D eigenvalue weighted by molar-refractivity contribution is 9.09. The molecule has 0 fully saturated rings. The summed E-state index contributed by atoms with van der Waals surface area (Å²) in [6.45, 7) is 0. The van der Waals surface area contributed by atoms with E-state index in [0.29, 0.717) is 0 Å². The van der Waals surface area contributed by atoms with Gasteiger partial charge in [-0.2, -0.15) is 5.10 Å². The number of nitrogens with one attached hydrogen (secondary N) is 2. The van der Waals surface area contributed by atoms with Gasteiger partial charge in [0.15, 0.2) is 0 Å². The van der Waals surface area contributed by atoms with Gasteiger partial charge >= 0.3 is 0 Å². The Hall–Kier alpha value is -1.10. The van der Waals surface area contributed by atoms with Gasteiger partial charge in [-0.1, -0.05) is 15.9 Å². The Bertz CT molecular complexity index is 340. The van der Waals surface area contributed by atoms with Gasteiger partial charge in [-0.15, -0.1) is 0 Å². The van der Waals surface area contributed by atoms with Gasteiger partial charge in [0.2, 0.25) is 0 Å². The highest BCUT2D eigenvalue weighted by Gasteiger charge is 2.10. The van der Waals surface area contributed by atoms with Gasteiger partial charge in [0.25, 0.3) is 0 Å². The van der Waals surface area contributed by atoms with Gasteiger partial charge in [0, 0.05) is 35.4 Å². The first kappa shape index (κ1) is 8.50. The van der Waals surface area contributed by atoms with Crippen LogP contribution in [0.25, 0.3) is 0 Å². The molecule has 68 valence electrons. The Balaban J connectivity index is 2.04. The fourth-order valence-electron chi connectivity index (χ4n) is 1.13. The monoisotopic (exact) mass is 240 g/mol. The van der Waals surface area contributed by atoms with Crippen LogP contribution in [-0.4, -0.2) is 20.2 Å². The second-order valence-corrected chi connectivity index (χ2v) is 3.84. The van der Waals surface area contributed by atoms with Crippen LogP contribution < -0.4 is 0 Å². The molecule has 0 aliphatic heterocycles. The molecule has 2 rings (SSSR count). The topological polar surface area (TPSA) is 57.4 Å². The number of aromatic amines is 2. The van der Waals surface area contributed by atoms with Crippen molar-refractivity contribution in [2.75, 3.05) is 0 Å². The average Bonchev–Trinajstić information content (AvgIpc) is 2.74. The lowest BCUT2D eigenvalue weighted by molar-refractivity contribution is 0.877. The Morgan fingerprint density at radius 2 is 2.46 bits per heavy atom. The number of halogens is 1. The molecule has 0 spiro atoms. The van der Waals surface area contributed by atoms with Crippen molar-refractivity contribution in [1.82, 2.24) is 20.2 Å². The lowest BCUT2D eigenvalue weighted by atomic mass is 10.2. The molecule has 4 nitrogen and oxygen atoms in total. The number of nitrogens with zero attached hydrogens (tertiary/aromatic N) is 2. The molecule has 5 heteroatoms. The standard InChI is InChI=1S/C8H9BrN4/c9-7(6-4-12-13-5-6)3-8-10-1-2-11-8/h1-2,4-5,7H,3H2,(H,10,11)(H,12,13). The summed E-state index contributed by atoms with van der Waals surface area (Å²) in [5.41, 5.74) is 1.14.